The molecule has 5 nitrogen and oxygen atoms in total. The lowest BCUT2D eigenvalue weighted by atomic mass is 9.90. The Bertz CT molecular complexity index is 469. The molecule has 0 unspecified atom stereocenters. The van der Waals surface area contributed by atoms with Crippen LogP contribution in [0.5, 0.6) is 5.75 Å². The highest BCUT2D eigenvalue weighted by Gasteiger charge is 2.35. The summed E-state index contributed by atoms with van der Waals surface area (Å²) in [6, 6.07) is 2.04. The summed E-state index contributed by atoms with van der Waals surface area (Å²) in [6.07, 6.45) is 3.89. The Morgan fingerprint density at radius 2 is 1.95 bits per heavy atom. The van der Waals surface area contributed by atoms with E-state index in [4.69, 9.17) is 9.47 Å². The fourth-order valence-corrected chi connectivity index (χ4v) is 3.20. The third-order valence-corrected chi connectivity index (χ3v) is 4.32. The van der Waals surface area contributed by atoms with Gasteiger partial charge in [0.1, 0.15) is 0 Å². The highest BCUT2D eigenvalue weighted by Crippen LogP contribution is 2.35. The molecule has 1 aliphatic rings. The first-order valence-electron chi connectivity index (χ1n) is 7.46. The van der Waals surface area contributed by atoms with Crippen molar-refractivity contribution in [2.75, 3.05) is 52.8 Å². The minimum absolute atomic E-state index is 0.0324. The summed E-state index contributed by atoms with van der Waals surface area (Å²) in [6.45, 7) is 4.89. The number of anilines is 1. The van der Waals surface area contributed by atoms with Crippen molar-refractivity contribution in [3.63, 3.8) is 0 Å². The van der Waals surface area contributed by atoms with Gasteiger partial charge in [-0.05, 0) is 39.9 Å². The van der Waals surface area contributed by atoms with Crippen LogP contribution in [-0.4, -0.2) is 63.4 Å². The minimum Gasteiger partial charge on any atom is -0.493 e. The Balaban J connectivity index is 2.12. The van der Waals surface area contributed by atoms with Crippen molar-refractivity contribution >= 4 is 5.69 Å². The van der Waals surface area contributed by atoms with Crippen LogP contribution in [0.2, 0.25) is 0 Å². The molecule has 0 N–H and O–H groups in total. The van der Waals surface area contributed by atoms with E-state index in [2.05, 4.69) is 28.9 Å². The van der Waals surface area contributed by atoms with Crippen molar-refractivity contribution in [2.45, 2.75) is 25.4 Å². The molecule has 0 atom stereocenters. The number of aromatic nitrogens is 1. The van der Waals surface area contributed by atoms with E-state index in [0.29, 0.717) is 0 Å². The van der Waals surface area contributed by atoms with Crippen molar-refractivity contribution in [1.82, 2.24) is 9.88 Å². The van der Waals surface area contributed by atoms with E-state index in [1.165, 1.54) is 0 Å². The molecule has 0 aromatic carbocycles. The maximum Gasteiger partial charge on any atom is 0.163 e. The number of piperidine rings is 1. The molecule has 0 aliphatic carbocycles. The highest BCUT2D eigenvalue weighted by atomic mass is 16.5. The van der Waals surface area contributed by atoms with Crippen molar-refractivity contribution < 1.29 is 9.47 Å². The Hall–Kier alpha value is -1.33. The van der Waals surface area contributed by atoms with Crippen molar-refractivity contribution in [3.05, 3.63) is 18.0 Å². The van der Waals surface area contributed by atoms with Crippen molar-refractivity contribution in [1.29, 1.82) is 0 Å². The van der Waals surface area contributed by atoms with Gasteiger partial charge >= 0.3 is 0 Å². The molecular weight excluding hydrogens is 266 g/mol. The molecule has 0 saturated carbocycles. The minimum atomic E-state index is -0.0324. The molecule has 0 bridgehead atoms. The van der Waals surface area contributed by atoms with Crippen molar-refractivity contribution in [3.8, 4) is 5.75 Å². The summed E-state index contributed by atoms with van der Waals surface area (Å²) < 4.78 is 11.4. The molecular formula is C16H27N3O2. The molecule has 1 aliphatic heterocycles. The predicted octanol–water partition coefficient (Wildman–Crippen LogP) is 1.95. The van der Waals surface area contributed by atoms with Gasteiger partial charge in [0.05, 0.1) is 24.1 Å². The van der Waals surface area contributed by atoms with Crippen LogP contribution in [0, 0.1) is 6.92 Å². The van der Waals surface area contributed by atoms with Crippen LogP contribution in [0.3, 0.4) is 0 Å². The number of aryl methyl sites for hydroxylation is 1. The highest BCUT2D eigenvalue weighted by molar-refractivity contribution is 5.60. The van der Waals surface area contributed by atoms with Crippen LogP contribution in [-0.2, 0) is 4.74 Å². The zero-order valence-corrected chi connectivity index (χ0v) is 13.8. The Labute approximate surface area is 127 Å². The van der Waals surface area contributed by atoms with Gasteiger partial charge in [-0.2, -0.15) is 0 Å². The van der Waals surface area contributed by atoms with Crippen LogP contribution >= 0.6 is 0 Å². The molecule has 2 rings (SSSR count). The van der Waals surface area contributed by atoms with Gasteiger partial charge in [0, 0.05) is 32.9 Å². The van der Waals surface area contributed by atoms with Gasteiger partial charge in [-0.1, -0.05) is 0 Å². The van der Waals surface area contributed by atoms with Crippen LogP contribution in [0.15, 0.2) is 12.3 Å². The largest absolute Gasteiger partial charge is 0.493 e. The summed E-state index contributed by atoms with van der Waals surface area (Å²) in [5.74, 6) is 0.884. The quantitative estimate of drug-likeness (QED) is 0.829. The zero-order valence-electron chi connectivity index (χ0n) is 13.8. The summed E-state index contributed by atoms with van der Waals surface area (Å²) in [5.41, 5.74) is 2.04. The standard InChI is InChI=1S/C16H27N3O2/c1-13-15(20-4)14(6-9-17-13)19-10-7-16(21-5,8-11-19)12-18(2)3/h6,9H,7-8,10-12H2,1-5H3. The second-order valence-corrected chi connectivity index (χ2v) is 6.06. The van der Waals surface area contributed by atoms with Crippen LogP contribution < -0.4 is 9.64 Å². The number of hydrogen-bond donors (Lipinski definition) is 0. The molecule has 118 valence electrons. The topological polar surface area (TPSA) is 37.8 Å². The van der Waals surface area contributed by atoms with E-state index in [9.17, 15) is 0 Å². The van der Waals surface area contributed by atoms with E-state index in [0.717, 1.165) is 49.6 Å². The van der Waals surface area contributed by atoms with Gasteiger partial charge in [0.25, 0.3) is 0 Å². The SMILES string of the molecule is COc1c(N2CCC(CN(C)C)(OC)CC2)ccnc1C. The van der Waals surface area contributed by atoms with E-state index >= 15 is 0 Å². The van der Waals surface area contributed by atoms with Gasteiger partial charge in [-0.15, -0.1) is 0 Å². The second-order valence-electron chi connectivity index (χ2n) is 6.06. The first kappa shape index (κ1) is 16.0. The van der Waals surface area contributed by atoms with Crippen LogP contribution in [0.25, 0.3) is 0 Å². The molecule has 0 spiro atoms. The van der Waals surface area contributed by atoms with Gasteiger partial charge in [-0.3, -0.25) is 4.98 Å². The number of nitrogens with zero attached hydrogens (tertiary/aromatic N) is 3. The molecule has 0 amide bonds. The molecule has 1 fully saturated rings. The number of rotatable bonds is 5. The summed E-state index contributed by atoms with van der Waals surface area (Å²) in [7, 11) is 7.74. The fourth-order valence-electron chi connectivity index (χ4n) is 3.20. The summed E-state index contributed by atoms with van der Waals surface area (Å²) >= 11 is 0. The zero-order chi connectivity index (χ0) is 15.5. The number of ether oxygens (including phenoxy) is 2. The molecule has 21 heavy (non-hydrogen) atoms. The molecule has 1 saturated heterocycles. The van der Waals surface area contributed by atoms with Crippen LogP contribution in [0.4, 0.5) is 5.69 Å². The summed E-state index contributed by atoms with van der Waals surface area (Å²) in [5, 5.41) is 0. The normalized spacial score (nSPS) is 18.1. The van der Waals surface area contributed by atoms with E-state index < -0.39 is 0 Å². The van der Waals surface area contributed by atoms with Gasteiger partial charge < -0.3 is 19.3 Å². The lowest BCUT2D eigenvalue weighted by Crippen LogP contribution is -2.51. The number of pyridine rings is 1. The van der Waals surface area contributed by atoms with E-state index in [-0.39, 0.29) is 5.60 Å². The molecule has 1 aromatic heterocycles. The lowest BCUT2D eigenvalue weighted by molar-refractivity contribution is -0.0454. The molecule has 0 radical (unpaired) electrons. The maximum atomic E-state index is 5.84. The lowest BCUT2D eigenvalue weighted by Gasteiger charge is -2.43. The number of hydrogen-bond acceptors (Lipinski definition) is 5. The third-order valence-electron chi connectivity index (χ3n) is 4.32. The Kier molecular flexibility index (Phi) is 5.06. The smallest absolute Gasteiger partial charge is 0.163 e. The summed E-state index contributed by atoms with van der Waals surface area (Å²) in [4.78, 5) is 8.89. The van der Waals surface area contributed by atoms with E-state index in [1.54, 1.807) is 7.11 Å². The van der Waals surface area contributed by atoms with E-state index in [1.807, 2.05) is 26.3 Å². The van der Waals surface area contributed by atoms with Gasteiger partial charge in [-0.25, -0.2) is 0 Å². The molecule has 2 heterocycles. The first-order valence-corrected chi connectivity index (χ1v) is 7.46. The average Bonchev–Trinajstić information content (AvgIpc) is 2.47. The number of methoxy groups -OCH3 is 2. The van der Waals surface area contributed by atoms with Crippen molar-refractivity contribution in [2.24, 2.45) is 0 Å². The number of likely N-dealkylation sites (N-methyl/N-ethyl adjacent to an activating group) is 1. The first-order chi connectivity index (χ1) is 10.0. The molecule has 1 aromatic rings. The maximum absolute atomic E-state index is 5.84. The van der Waals surface area contributed by atoms with Gasteiger partial charge in [0.2, 0.25) is 0 Å². The monoisotopic (exact) mass is 293 g/mol. The van der Waals surface area contributed by atoms with Gasteiger partial charge in [0.15, 0.2) is 5.75 Å². The average molecular weight is 293 g/mol. The fraction of sp³-hybridized carbons (Fsp3) is 0.688. The Morgan fingerprint density at radius 3 is 2.48 bits per heavy atom. The third kappa shape index (κ3) is 3.47. The van der Waals surface area contributed by atoms with Crippen LogP contribution in [0.1, 0.15) is 18.5 Å². The Morgan fingerprint density at radius 1 is 1.29 bits per heavy atom. The second kappa shape index (κ2) is 6.62. The predicted molar refractivity (Wildman–Crippen MR) is 85.3 cm³/mol. The molecule has 5 heteroatoms.